The van der Waals surface area contributed by atoms with E-state index in [-0.39, 0.29) is 11.9 Å². The molecule has 0 aliphatic carbocycles. The van der Waals surface area contributed by atoms with Gasteiger partial charge in [0.2, 0.25) is 5.91 Å². The highest BCUT2D eigenvalue weighted by Gasteiger charge is 2.34. The Morgan fingerprint density at radius 1 is 1.25 bits per heavy atom. The lowest BCUT2D eigenvalue weighted by atomic mass is 10.2. The van der Waals surface area contributed by atoms with Gasteiger partial charge in [-0.1, -0.05) is 30.3 Å². The molecule has 1 aliphatic rings. The number of carbonyl (C=O) groups excluding carboxylic acids is 1. The van der Waals surface area contributed by atoms with Gasteiger partial charge in [0.05, 0.1) is 6.04 Å². The van der Waals surface area contributed by atoms with Gasteiger partial charge in [0.25, 0.3) is 0 Å². The minimum Gasteiger partial charge on any atom is -0.337 e. The van der Waals surface area contributed by atoms with Gasteiger partial charge in [-0.3, -0.25) is 14.4 Å². The zero-order chi connectivity index (χ0) is 16.9. The van der Waals surface area contributed by atoms with Crippen molar-refractivity contribution in [3.8, 4) is 0 Å². The van der Waals surface area contributed by atoms with Crippen molar-refractivity contribution in [1.29, 1.82) is 0 Å². The van der Waals surface area contributed by atoms with Crippen LogP contribution in [0.5, 0.6) is 0 Å². The fourth-order valence-corrected chi connectivity index (χ4v) is 3.40. The van der Waals surface area contributed by atoms with Crippen molar-refractivity contribution in [2.75, 3.05) is 20.1 Å². The van der Waals surface area contributed by atoms with Crippen LogP contribution in [0.1, 0.15) is 24.6 Å². The first-order chi connectivity index (χ1) is 11.7. The number of nitrogens with zero attached hydrogens (tertiary/aromatic N) is 4. The first-order valence-electron chi connectivity index (χ1n) is 8.72. The Kier molecular flexibility index (Phi) is 5.30. The molecule has 5 nitrogen and oxygen atoms in total. The summed E-state index contributed by atoms with van der Waals surface area (Å²) in [4.78, 5) is 16.9. The summed E-state index contributed by atoms with van der Waals surface area (Å²) in [6.45, 7) is 5.42. The fourth-order valence-electron chi connectivity index (χ4n) is 3.40. The van der Waals surface area contributed by atoms with E-state index in [1.54, 1.807) is 0 Å². The molecule has 1 aliphatic heterocycles. The Morgan fingerprint density at radius 3 is 2.79 bits per heavy atom. The first-order valence-corrected chi connectivity index (χ1v) is 8.72. The summed E-state index contributed by atoms with van der Waals surface area (Å²) in [5, 5.41) is 4.31. The monoisotopic (exact) mass is 326 g/mol. The summed E-state index contributed by atoms with van der Waals surface area (Å²) in [6, 6.07) is 12.3. The van der Waals surface area contributed by atoms with E-state index in [1.807, 2.05) is 34.0 Å². The molecule has 1 amide bonds. The second-order valence-corrected chi connectivity index (χ2v) is 6.42. The van der Waals surface area contributed by atoms with E-state index in [0.717, 1.165) is 32.5 Å². The van der Waals surface area contributed by atoms with E-state index in [1.165, 1.54) is 11.3 Å². The number of likely N-dealkylation sites (N-methyl/N-ethyl adjacent to an activating group) is 1. The maximum atomic E-state index is 12.7. The second kappa shape index (κ2) is 7.62. The van der Waals surface area contributed by atoms with Gasteiger partial charge in [-0.15, -0.1) is 0 Å². The maximum Gasteiger partial charge on any atom is 0.240 e. The van der Waals surface area contributed by atoms with E-state index in [0.29, 0.717) is 6.54 Å². The summed E-state index contributed by atoms with van der Waals surface area (Å²) < 4.78 is 2.02. The molecule has 1 aromatic heterocycles. The number of rotatable bonds is 7. The Hall–Kier alpha value is -2.14. The van der Waals surface area contributed by atoms with Crippen LogP contribution in [0.25, 0.3) is 0 Å². The van der Waals surface area contributed by atoms with Crippen LogP contribution in [0.4, 0.5) is 0 Å². The van der Waals surface area contributed by atoms with Crippen LogP contribution >= 0.6 is 0 Å². The lowest BCUT2D eigenvalue weighted by Crippen LogP contribution is -2.40. The normalized spacial score (nSPS) is 17.9. The number of hydrogen-bond acceptors (Lipinski definition) is 3. The zero-order valence-electron chi connectivity index (χ0n) is 14.6. The van der Waals surface area contributed by atoms with Gasteiger partial charge in [0.15, 0.2) is 0 Å². The summed E-state index contributed by atoms with van der Waals surface area (Å²) >= 11 is 0. The van der Waals surface area contributed by atoms with Gasteiger partial charge < -0.3 is 4.90 Å². The number of aryl methyl sites for hydroxylation is 1. The van der Waals surface area contributed by atoms with Crippen LogP contribution < -0.4 is 0 Å². The molecule has 0 saturated carbocycles. The zero-order valence-corrected chi connectivity index (χ0v) is 14.6. The Balaban J connectivity index is 1.54. The lowest BCUT2D eigenvalue weighted by Gasteiger charge is -2.24. The third-order valence-corrected chi connectivity index (χ3v) is 4.84. The average molecular weight is 326 g/mol. The summed E-state index contributed by atoms with van der Waals surface area (Å²) in [5.74, 6) is 0.255. The quantitative estimate of drug-likeness (QED) is 0.783. The van der Waals surface area contributed by atoms with Gasteiger partial charge >= 0.3 is 0 Å². The Labute approximate surface area is 143 Å². The van der Waals surface area contributed by atoms with E-state index >= 15 is 0 Å². The van der Waals surface area contributed by atoms with Crippen molar-refractivity contribution < 1.29 is 4.79 Å². The summed E-state index contributed by atoms with van der Waals surface area (Å²) in [6.07, 6.45) is 3.68. The molecule has 2 aromatic rings. The minimum absolute atomic E-state index is 0.00621. The van der Waals surface area contributed by atoms with Crippen LogP contribution in [0, 0.1) is 0 Å². The number of benzene rings is 1. The van der Waals surface area contributed by atoms with Gasteiger partial charge in [-0.2, -0.15) is 5.10 Å². The molecule has 24 heavy (non-hydrogen) atoms. The SMILES string of the molecule is CCn1nccc1CCN(C)[C@H]1CCN(Cc2ccccc2)C1=O. The van der Waals surface area contributed by atoms with Crippen molar-refractivity contribution in [3.05, 3.63) is 53.9 Å². The number of likely N-dealkylation sites (tertiary alicyclic amines) is 1. The maximum absolute atomic E-state index is 12.7. The lowest BCUT2D eigenvalue weighted by molar-refractivity contribution is -0.132. The van der Waals surface area contributed by atoms with Gasteiger partial charge in [0.1, 0.15) is 0 Å². The molecule has 0 bridgehead atoms. The highest BCUT2D eigenvalue weighted by atomic mass is 16.2. The standard InChI is InChI=1S/C19H26N4O/c1-3-23-17(9-12-20-23)10-13-21(2)18-11-14-22(19(18)24)15-16-7-5-4-6-8-16/h4-9,12,18H,3,10-11,13-15H2,1-2H3/t18-/m0/s1. The molecule has 5 heteroatoms. The molecule has 128 valence electrons. The van der Waals surface area contributed by atoms with Crippen molar-refractivity contribution in [2.24, 2.45) is 0 Å². The molecule has 2 heterocycles. The first kappa shape index (κ1) is 16.7. The predicted molar refractivity (Wildman–Crippen MR) is 94.5 cm³/mol. The van der Waals surface area contributed by atoms with Crippen molar-refractivity contribution in [1.82, 2.24) is 19.6 Å². The molecular weight excluding hydrogens is 300 g/mol. The van der Waals surface area contributed by atoms with Crippen molar-refractivity contribution in [2.45, 2.75) is 38.9 Å². The number of hydrogen-bond donors (Lipinski definition) is 0. The molecule has 3 rings (SSSR count). The molecule has 1 aromatic carbocycles. The third kappa shape index (κ3) is 3.67. The molecule has 0 radical (unpaired) electrons. The Morgan fingerprint density at radius 2 is 2.04 bits per heavy atom. The molecular formula is C19H26N4O. The van der Waals surface area contributed by atoms with Crippen molar-refractivity contribution in [3.63, 3.8) is 0 Å². The van der Waals surface area contributed by atoms with E-state index in [4.69, 9.17) is 0 Å². The topological polar surface area (TPSA) is 41.4 Å². The summed E-state index contributed by atoms with van der Waals surface area (Å²) in [5.41, 5.74) is 2.43. The largest absolute Gasteiger partial charge is 0.337 e. The van der Waals surface area contributed by atoms with Gasteiger partial charge in [-0.25, -0.2) is 0 Å². The van der Waals surface area contributed by atoms with Crippen LogP contribution in [-0.2, 0) is 24.3 Å². The fraction of sp³-hybridized carbons (Fsp3) is 0.474. The van der Waals surface area contributed by atoms with Crippen LogP contribution in [0.15, 0.2) is 42.6 Å². The van der Waals surface area contributed by atoms with Crippen molar-refractivity contribution >= 4 is 5.91 Å². The molecule has 0 spiro atoms. The second-order valence-electron chi connectivity index (χ2n) is 6.42. The smallest absolute Gasteiger partial charge is 0.240 e. The molecule has 1 fully saturated rings. The van der Waals surface area contributed by atoms with Gasteiger partial charge in [0, 0.05) is 44.5 Å². The van der Waals surface area contributed by atoms with E-state index < -0.39 is 0 Å². The minimum atomic E-state index is 0.00621. The number of carbonyl (C=O) groups is 1. The van der Waals surface area contributed by atoms with E-state index in [2.05, 4.69) is 42.2 Å². The third-order valence-electron chi connectivity index (χ3n) is 4.84. The Bertz CT molecular complexity index is 667. The predicted octanol–water partition coefficient (Wildman–Crippen LogP) is 2.18. The molecule has 0 unspecified atom stereocenters. The molecule has 1 atom stereocenters. The van der Waals surface area contributed by atoms with Crippen LogP contribution in [-0.4, -0.2) is 51.7 Å². The highest BCUT2D eigenvalue weighted by molar-refractivity contribution is 5.83. The summed E-state index contributed by atoms with van der Waals surface area (Å²) in [7, 11) is 2.06. The number of aromatic nitrogens is 2. The highest BCUT2D eigenvalue weighted by Crippen LogP contribution is 2.19. The number of amides is 1. The average Bonchev–Trinajstić information content (AvgIpc) is 3.21. The van der Waals surface area contributed by atoms with Gasteiger partial charge in [-0.05, 0) is 32.0 Å². The van der Waals surface area contributed by atoms with E-state index in [9.17, 15) is 4.79 Å². The molecule has 0 N–H and O–H groups in total. The van der Waals surface area contributed by atoms with Crippen LogP contribution in [0.2, 0.25) is 0 Å². The molecule has 1 saturated heterocycles. The van der Waals surface area contributed by atoms with Crippen LogP contribution in [0.3, 0.4) is 0 Å².